The monoisotopic (exact) mass is 401 g/mol. The maximum atomic E-state index is 12.9. The molecule has 152 valence electrons. The van der Waals surface area contributed by atoms with Crippen LogP contribution in [0.4, 0.5) is 5.82 Å². The van der Waals surface area contributed by atoms with Crippen LogP contribution in [-0.4, -0.2) is 36.1 Å². The molecule has 2 aromatic carbocycles. The molecule has 0 bridgehead atoms. The maximum Gasteiger partial charge on any atom is 0.243 e. The number of benzene rings is 2. The highest BCUT2D eigenvalue weighted by molar-refractivity contribution is 5.88. The van der Waals surface area contributed by atoms with Crippen LogP contribution in [0.5, 0.6) is 5.75 Å². The number of rotatable bonds is 6. The first-order chi connectivity index (χ1) is 14.7. The largest absolute Gasteiger partial charge is 0.497 e. The summed E-state index contributed by atoms with van der Waals surface area (Å²) in [5.74, 6) is -0.0201. The van der Waals surface area contributed by atoms with Gasteiger partial charge in [0.25, 0.3) is 0 Å². The number of methoxy groups -OCH3 is 1. The third-order valence-electron chi connectivity index (χ3n) is 5.27. The van der Waals surface area contributed by atoms with Gasteiger partial charge in [-0.2, -0.15) is 5.26 Å². The van der Waals surface area contributed by atoms with E-state index < -0.39 is 5.92 Å². The molecule has 7 nitrogen and oxygen atoms in total. The highest BCUT2D eigenvalue weighted by Gasteiger charge is 2.29. The van der Waals surface area contributed by atoms with Crippen molar-refractivity contribution in [3.05, 3.63) is 59.8 Å². The quantitative estimate of drug-likeness (QED) is 0.682. The Kier molecular flexibility index (Phi) is 5.75. The van der Waals surface area contributed by atoms with E-state index in [1.165, 1.54) is 0 Å². The van der Waals surface area contributed by atoms with Crippen LogP contribution in [0, 0.1) is 11.3 Å². The second-order valence-electron chi connectivity index (χ2n) is 7.24. The highest BCUT2D eigenvalue weighted by Crippen LogP contribution is 2.29. The van der Waals surface area contributed by atoms with Gasteiger partial charge in [-0.05, 0) is 42.7 Å². The molecule has 1 aromatic heterocycles. The van der Waals surface area contributed by atoms with Crippen molar-refractivity contribution in [3.63, 3.8) is 0 Å². The van der Waals surface area contributed by atoms with Crippen molar-refractivity contribution in [2.24, 2.45) is 0 Å². The number of aromatic nitrogens is 2. The first kappa shape index (κ1) is 19.6. The molecule has 0 unspecified atom stereocenters. The van der Waals surface area contributed by atoms with Gasteiger partial charge in [0.15, 0.2) is 11.7 Å². The zero-order valence-corrected chi connectivity index (χ0v) is 16.8. The van der Waals surface area contributed by atoms with E-state index in [4.69, 9.17) is 9.72 Å². The van der Waals surface area contributed by atoms with Gasteiger partial charge >= 0.3 is 0 Å². The molecule has 0 saturated carbocycles. The van der Waals surface area contributed by atoms with Gasteiger partial charge in [-0.3, -0.25) is 4.79 Å². The summed E-state index contributed by atoms with van der Waals surface area (Å²) in [6.07, 6.45) is 2.13. The van der Waals surface area contributed by atoms with E-state index in [0.29, 0.717) is 23.6 Å². The molecule has 0 spiro atoms. The summed E-state index contributed by atoms with van der Waals surface area (Å²) in [5, 5.41) is 12.7. The van der Waals surface area contributed by atoms with Crippen LogP contribution in [0.1, 0.15) is 30.0 Å². The topological polar surface area (TPSA) is 91.1 Å². The summed E-state index contributed by atoms with van der Waals surface area (Å²) in [7, 11) is 1.61. The zero-order chi connectivity index (χ0) is 20.9. The van der Waals surface area contributed by atoms with Gasteiger partial charge < -0.3 is 15.0 Å². The number of ether oxygens (including phenoxy) is 1. The zero-order valence-electron chi connectivity index (χ0n) is 16.8. The summed E-state index contributed by atoms with van der Waals surface area (Å²) in [5.41, 5.74) is 2.78. The lowest BCUT2D eigenvalue weighted by atomic mass is 10.0. The van der Waals surface area contributed by atoms with Crippen LogP contribution in [0.25, 0.3) is 11.0 Å². The second kappa shape index (κ2) is 8.78. The Balaban J connectivity index is 1.61. The number of amides is 1. The molecule has 1 N–H and O–H groups in total. The van der Waals surface area contributed by atoms with Gasteiger partial charge in [-0.1, -0.05) is 24.3 Å². The standard InChI is InChI=1S/C23H23N5O2/c1-30-17-10-8-16(9-11-17)15-25-23(29)18(14-24)21-22(28-12-4-5-13-28)27-20-7-3-2-6-19(20)26-21/h2-3,6-11,18H,4-5,12-13,15H2,1H3,(H,25,29)/t18-/m1/s1. The number of anilines is 1. The van der Waals surface area contributed by atoms with Crippen molar-refractivity contribution in [2.75, 3.05) is 25.1 Å². The fourth-order valence-corrected chi connectivity index (χ4v) is 3.64. The third kappa shape index (κ3) is 4.03. The van der Waals surface area contributed by atoms with Crippen molar-refractivity contribution in [3.8, 4) is 11.8 Å². The average molecular weight is 401 g/mol. The van der Waals surface area contributed by atoms with E-state index in [-0.39, 0.29) is 5.91 Å². The maximum absolute atomic E-state index is 12.9. The Morgan fingerprint density at radius 1 is 1.13 bits per heavy atom. The van der Waals surface area contributed by atoms with Crippen LogP contribution < -0.4 is 15.0 Å². The van der Waals surface area contributed by atoms with E-state index in [9.17, 15) is 10.1 Å². The summed E-state index contributed by atoms with van der Waals surface area (Å²) >= 11 is 0. The molecule has 30 heavy (non-hydrogen) atoms. The summed E-state index contributed by atoms with van der Waals surface area (Å²) in [6.45, 7) is 2.03. The number of hydrogen-bond acceptors (Lipinski definition) is 6. The normalized spacial score (nSPS) is 14.3. The number of nitrogens with zero attached hydrogens (tertiary/aromatic N) is 4. The Morgan fingerprint density at radius 3 is 2.43 bits per heavy atom. The molecule has 1 fully saturated rings. The van der Waals surface area contributed by atoms with E-state index in [1.54, 1.807) is 7.11 Å². The lowest BCUT2D eigenvalue weighted by Gasteiger charge is -2.21. The van der Waals surface area contributed by atoms with Crippen molar-refractivity contribution in [1.82, 2.24) is 15.3 Å². The minimum absolute atomic E-state index is 0.321. The van der Waals surface area contributed by atoms with Crippen LogP contribution in [0.3, 0.4) is 0 Å². The molecule has 7 heteroatoms. The molecule has 1 aliphatic heterocycles. The van der Waals surface area contributed by atoms with Crippen molar-refractivity contribution in [1.29, 1.82) is 5.26 Å². The minimum Gasteiger partial charge on any atom is -0.497 e. The molecule has 4 rings (SSSR count). The Bertz CT molecular complexity index is 1080. The predicted octanol–water partition coefficient (Wildman–Crippen LogP) is 3.16. The second-order valence-corrected chi connectivity index (χ2v) is 7.24. The smallest absolute Gasteiger partial charge is 0.243 e. The van der Waals surface area contributed by atoms with Gasteiger partial charge in [0.1, 0.15) is 11.4 Å². The predicted molar refractivity (Wildman–Crippen MR) is 114 cm³/mol. The number of carbonyl (C=O) groups excluding carboxylic acids is 1. The Hall–Kier alpha value is -3.66. The van der Waals surface area contributed by atoms with Crippen LogP contribution in [0.15, 0.2) is 48.5 Å². The third-order valence-corrected chi connectivity index (χ3v) is 5.27. The van der Waals surface area contributed by atoms with Gasteiger partial charge in [-0.25, -0.2) is 9.97 Å². The molecular formula is C23H23N5O2. The molecule has 1 saturated heterocycles. The number of nitriles is 1. The SMILES string of the molecule is COc1ccc(CNC(=O)[C@H](C#N)c2nc3ccccc3nc2N2CCCC2)cc1. The molecule has 3 aromatic rings. The van der Waals surface area contributed by atoms with Crippen LogP contribution >= 0.6 is 0 Å². The fourth-order valence-electron chi connectivity index (χ4n) is 3.64. The number of nitrogens with one attached hydrogen (secondary N) is 1. The average Bonchev–Trinajstić information content (AvgIpc) is 3.33. The lowest BCUT2D eigenvalue weighted by molar-refractivity contribution is -0.121. The Morgan fingerprint density at radius 2 is 1.80 bits per heavy atom. The first-order valence-corrected chi connectivity index (χ1v) is 10.0. The molecule has 0 radical (unpaired) electrons. The van der Waals surface area contributed by atoms with E-state index in [0.717, 1.165) is 42.8 Å². The molecular weight excluding hydrogens is 378 g/mol. The molecule has 1 atom stereocenters. The van der Waals surface area contributed by atoms with Gasteiger partial charge in [0.2, 0.25) is 5.91 Å². The number of para-hydroxylation sites is 2. The van der Waals surface area contributed by atoms with Gasteiger partial charge in [-0.15, -0.1) is 0 Å². The van der Waals surface area contributed by atoms with E-state index in [2.05, 4.69) is 21.3 Å². The Labute approximate surface area is 175 Å². The summed E-state index contributed by atoms with van der Waals surface area (Å²) < 4.78 is 5.15. The number of fused-ring (bicyclic) bond motifs is 1. The minimum atomic E-state index is -1.03. The van der Waals surface area contributed by atoms with E-state index in [1.807, 2.05) is 48.5 Å². The lowest BCUT2D eigenvalue weighted by Crippen LogP contribution is -2.31. The van der Waals surface area contributed by atoms with E-state index >= 15 is 0 Å². The fraction of sp³-hybridized carbons (Fsp3) is 0.304. The molecule has 2 heterocycles. The number of carbonyl (C=O) groups is 1. The van der Waals surface area contributed by atoms with Gasteiger partial charge in [0.05, 0.1) is 24.2 Å². The summed E-state index contributed by atoms with van der Waals surface area (Å²) in [4.78, 5) is 24.5. The number of hydrogen-bond donors (Lipinski definition) is 1. The first-order valence-electron chi connectivity index (χ1n) is 10.0. The molecule has 1 aliphatic rings. The summed E-state index contributed by atoms with van der Waals surface area (Å²) in [6, 6.07) is 17.1. The van der Waals surface area contributed by atoms with Crippen LogP contribution in [-0.2, 0) is 11.3 Å². The molecule has 0 aliphatic carbocycles. The van der Waals surface area contributed by atoms with Crippen LogP contribution in [0.2, 0.25) is 0 Å². The van der Waals surface area contributed by atoms with Crippen molar-refractivity contribution < 1.29 is 9.53 Å². The van der Waals surface area contributed by atoms with Crippen molar-refractivity contribution >= 4 is 22.8 Å². The molecule has 1 amide bonds. The van der Waals surface area contributed by atoms with Crippen molar-refractivity contribution in [2.45, 2.75) is 25.3 Å². The van der Waals surface area contributed by atoms with Gasteiger partial charge in [0, 0.05) is 19.6 Å². The highest BCUT2D eigenvalue weighted by atomic mass is 16.5.